The third-order valence-electron chi connectivity index (χ3n) is 3.19. The maximum Gasteiger partial charge on any atom is 0.323 e. The van der Waals surface area contributed by atoms with Gasteiger partial charge in [-0.15, -0.1) is 0 Å². The van der Waals surface area contributed by atoms with E-state index in [1.807, 2.05) is 60.7 Å². The van der Waals surface area contributed by atoms with Crippen LogP contribution in [-0.4, -0.2) is 6.03 Å². The van der Waals surface area contributed by atoms with Crippen LogP contribution in [0.1, 0.15) is 0 Å². The maximum absolute atomic E-state index is 12.0. The van der Waals surface area contributed by atoms with Gasteiger partial charge in [-0.3, -0.25) is 0 Å². The number of hydrogen-bond donors (Lipinski definition) is 2. The molecule has 0 saturated heterocycles. The Balaban J connectivity index is 1.65. The van der Waals surface area contributed by atoms with Crippen LogP contribution in [0.2, 0.25) is 0 Å². The molecule has 3 rings (SSSR count). The van der Waals surface area contributed by atoms with Gasteiger partial charge in [-0.1, -0.05) is 36.4 Å². The van der Waals surface area contributed by atoms with Crippen molar-refractivity contribution in [2.45, 2.75) is 0 Å². The lowest BCUT2D eigenvalue weighted by molar-refractivity contribution is 0.262. The molecule has 3 aromatic carbocycles. The van der Waals surface area contributed by atoms with E-state index >= 15 is 0 Å². The molecule has 0 saturated carbocycles. The van der Waals surface area contributed by atoms with Crippen LogP contribution in [0.3, 0.4) is 0 Å². The summed E-state index contributed by atoms with van der Waals surface area (Å²) in [6, 6.07) is 23.9. The molecule has 0 spiro atoms. The number of ether oxygens (including phenoxy) is 1. The zero-order chi connectivity index (χ0) is 16.8. The molecule has 0 fully saturated rings. The number of carbonyl (C=O) groups is 1. The molecule has 4 nitrogen and oxygen atoms in total. The van der Waals surface area contributed by atoms with Crippen molar-refractivity contribution in [1.29, 1.82) is 0 Å². The molecule has 0 unspecified atom stereocenters. The van der Waals surface area contributed by atoms with Crippen LogP contribution < -0.4 is 15.4 Å². The molecule has 3 aromatic rings. The number of nitrogens with one attached hydrogen (secondary N) is 2. The van der Waals surface area contributed by atoms with Gasteiger partial charge in [-0.25, -0.2) is 4.79 Å². The predicted molar refractivity (Wildman–Crippen MR) is 99.7 cm³/mol. The zero-order valence-electron chi connectivity index (χ0n) is 12.7. The third kappa shape index (κ3) is 4.36. The molecule has 2 amide bonds. The van der Waals surface area contributed by atoms with Gasteiger partial charge < -0.3 is 15.4 Å². The summed E-state index contributed by atoms with van der Waals surface area (Å²) in [6.07, 6.45) is 0. The minimum Gasteiger partial charge on any atom is -0.456 e. The van der Waals surface area contributed by atoms with Crippen LogP contribution in [0.25, 0.3) is 0 Å². The first-order chi connectivity index (χ1) is 11.7. The van der Waals surface area contributed by atoms with Crippen molar-refractivity contribution >= 4 is 33.3 Å². The fraction of sp³-hybridized carbons (Fsp3) is 0. The number of urea groups is 1. The summed E-state index contributed by atoms with van der Waals surface area (Å²) < 4.78 is 6.54. The SMILES string of the molecule is O=C(Nc1ccccc1)Nc1ccc(Oc2ccccc2)c(Br)c1. The van der Waals surface area contributed by atoms with Gasteiger partial charge in [0.05, 0.1) is 4.47 Å². The van der Waals surface area contributed by atoms with Crippen molar-refractivity contribution in [3.05, 3.63) is 83.3 Å². The minimum absolute atomic E-state index is 0.301. The van der Waals surface area contributed by atoms with Crippen molar-refractivity contribution in [2.24, 2.45) is 0 Å². The van der Waals surface area contributed by atoms with Gasteiger partial charge in [0, 0.05) is 11.4 Å². The van der Waals surface area contributed by atoms with Crippen molar-refractivity contribution in [1.82, 2.24) is 0 Å². The summed E-state index contributed by atoms with van der Waals surface area (Å²) >= 11 is 3.46. The minimum atomic E-state index is -0.301. The topological polar surface area (TPSA) is 50.4 Å². The Labute approximate surface area is 148 Å². The molecule has 0 radical (unpaired) electrons. The maximum atomic E-state index is 12.0. The first-order valence-corrected chi connectivity index (χ1v) is 8.15. The standard InChI is InChI=1S/C19H15BrN2O2/c20-17-13-15(22-19(23)21-14-7-3-1-4-8-14)11-12-18(17)24-16-9-5-2-6-10-16/h1-13H,(H2,21,22,23). The normalized spacial score (nSPS) is 10.0. The molecule has 2 N–H and O–H groups in total. The van der Waals surface area contributed by atoms with Crippen LogP contribution >= 0.6 is 15.9 Å². The summed E-state index contributed by atoms with van der Waals surface area (Å²) in [5.74, 6) is 1.43. The molecular formula is C19H15BrN2O2. The summed E-state index contributed by atoms with van der Waals surface area (Å²) in [5.41, 5.74) is 1.40. The van der Waals surface area contributed by atoms with E-state index in [0.29, 0.717) is 11.4 Å². The van der Waals surface area contributed by atoms with E-state index < -0.39 is 0 Å². The van der Waals surface area contributed by atoms with E-state index in [-0.39, 0.29) is 6.03 Å². The van der Waals surface area contributed by atoms with Crippen LogP contribution in [0, 0.1) is 0 Å². The number of benzene rings is 3. The second-order valence-electron chi connectivity index (χ2n) is 5.01. The molecule has 0 atom stereocenters. The van der Waals surface area contributed by atoms with Crippen LogP contribution in [-0.2, 0) is 0 Å². The van der Waals surface area contributed by atoms with E-state index in [1.54, 1.807) is 18.2 Å². The van der Waals surface area contributed by atoms with E-state index in [9.17, 15) is 4.79 Å². The average Bonchev–Trinajstić information content (AvgIpc) is 2.59. The van der Waals surface area contributed by atoms with Crippen LogP contribution in [0.5, 0.6) is 11.5 Å². The first kappa shape index (κ1) is 16.1. The van der Waals surface area contributed by atoms with Gasteiger partial charge >= 0.3 is 6.03 Å². The quantitative estimate of drug-likeness (QED) is 0.591. The lowest BCUT2D eigenvalue weighted by Gasteiger charge is -2.11. The highest BCUT2D eigenvalue weighted by Crippen LogP contribution is 2.31. The highest BCUT2D eigenvalue weighted by Gasteiger charge is 2.07. The van der Waals surface area contributed by atoms with Gasteiger partial charge in [-0.05, 0) is 58.4 Å². The van der Waals surface area contributed by atoms with E-state index in [2.05, 4.69) is 26.6 Å². The lowest BCUT2D eigenvalue weighted by atomic mass is 10.3. The third-order valence-corrected chi connectivity index (χ3v) is 3.81. The monoisotopic (exact) mass is 382 g/mol. The van der Waals surface area contributed by atoms with Crippen molar-refractivity contribution < 1.29 is 9.53 Å². The second kappa shape index (κ2) is 7.66. The Kier molecular flexibility index (Phi) is 5.13. The molecule has 0 aromatic heterocycles. The fourth-order valence-corrected chi connectivity index (χ4v) is 2.55. The highest BCUT2D eigenvalue weighted by atomic mass is 79.9. The van der Waals surface area contributed by atoms with Gasteiger partial charge in [0.2, 0.25) is 0 Å². The van der Waals surface area contributed by atoms with Crippen LogP contribution in [0.4, 0.5) is 16.2 Å². The summed E-state index contributed by atoms with van der Waals surface area (Å²) in [4.78, 5) is 12.0. The number of para-hydroxylation sites is 2. The summed E-state index contributed by atoms with van der Waals surface area (Å²) in [5, 5.41) is 5.55. The number of amides is 2. The van der Waals surface area contributed by atoms with Crippen LogP contribution in [0.15, 0.2) is 83.3 Å². The number of rotatable bonds is 4. The molecule has 0 aliphatic rings. The molecule has 24 heavy (non-hydrogen) atoms. The van der Waals surface area contributed by atoms with Crippen molar-refractivity contribution in [3.8, 4) is 11.5 Å². The first-order valence-electron chi connectivity index (χ1n) is 7.36. The summed E-state index contributed by atoms with van der Waals surface area (Å²) in [6.45, 7) is 0. The average molecular weight is 383 g/mol. The van der Waals surface area contributed by atoms with Crippen molar-refractivity contribution in [2.75, 3.05) is 10.6 Å². The largest absolute Gasteiger partial charge is 0.456 e. The number of halogens is 1. The Morgan fingerprint density at radius 3 is 2.08 bits per heavy atom. The smallest absolute Gasteiger partial charge is 0.323 e. The molecule has 5 heteroatoms. The van der Waals surface area contributed by atoms with Crippen molar-refractivity contribution in [3.63, 3.8) is 0 Å². The summed E-state index contributed by atoms with van der Waals surface area (Å²) in [7, 11) is 0. The molecular weight excluding hydrogens is 368 g/mol. The number of hydrogen-bond acceptors (Lipinski definition) is 2. The highest BCUT2D eigenvalue weighted by molar-refractivity contribution is 9.10. The molecule has 0 bridgehead atoms. The Hall–Kier alpha value is -2.79. The van der Waals surface area contributed by atoms with Gasteiger partial charge in [0.25, 0.3) is 0 Å². The number of carbonyl (C=O) groups excluding carboxylic acids is 1. The van der Waals surface area contributed by atoms with E-state index in [1.165, 1.54) is 0 Å². The molecule has 0 aliphatic heterocycles. The van der Waals surface area contributed by atoms with Gasteiger partial charge in [-0.2, -0.15) is 0 Å². The molecule has 0 heterocycles. The van der Waals surface area contributed by atoms with E-state index in [0.717, 1.165) is 15.9 Å². The Morgan fingerprint density at radius 1 is 0.792 bits per heavy atom. The lowest BCUT2D eigenvalue weighted by Crippen LogP contribution is -2.19. The Morgan fingerprint density at radius 2 is 1.42 bits per heavy atom. The fourth-order valence-electron chi connectivity index (χ4n) is 2.09. The molecule has 120 valence electrons. The van der Waals surface area contributed by atoms with Gasteiger partial charge in [0.1, 0.15) is 11.5 Å². The number of anilines is 2. The van der Waals surface area contributed by atoms with E-state index in [4.69, 9.17) is 4.74 Å². The zero-order valence-corrected chi connectivity index (χ0v) is 14.3. The molecule has 0 aliphatic carbocycles. The predicted octanol–water partition coefficient (Wildman–Crippen LogP) is 5.89. The Bertz CT molecular complexity index is 823. The second-order valence-corrected chi connectivity index (χ2v) is 5.86. The van der Waals surface area contributed by atoms with Gasteiger partial charge in [0.15, 0.2) is 0 Å².